The second-order valence-electron chi connectivity index (χ2n) is 3.66. The first kappa shape index (κ1) is 9.92. The Balaban J connectivity index is 3.04. The molecular weight excluding hydrogens is 124 g/mol. The Labute approximate surface area is 64.4 Å². The van der Waals surface area contributed by atoms with Gasteiger partial charge in [0.05, 0.1) is 0 Å². The zero-order valence-corrected chi connectivity index (χ0v) is 7.62. The van der Waals surface area contributed by atoms with Crippen LogP contribution in [0.4, 0.5) is 0 Å². The fraction of sp³-hybridized carbons (Fsp3) is 1.00. The normalized spacial score (nSPS) is 12.0. The number of hydrazine groups is 1. The molecule has 0 atom stereocenters. The van der Waals surface area contributed by atoms with Gasteiger partial charge >= 0.3 is 0 Å². The van der Waals surface area contributed by atoms with Crippen LogP contribution in [0, 0.1) is 0 Å². The number of unbranched alkanes of at least 4 members (excludes halogenated alkanes) is 1. The molecule has 0 aliphatic rings. The Bertz CT molecular complexity index is 73.8. The van der Waals surface area contributed by atoms with E-state index in [1.807, 2.05) is 0 Å². The maximum atomic E-state index is 3.21. The van der Waals surface area contributed by atoms with Crippen LogP contribution in [0.2, 0.25) is 0 Å². The Morgan fingerprint density at radius 3 is 2.20 bits per heavy atom. The van der Waals surface area contributed by atoms with E-state index in [4.69, 9.17) is 0 Å². The number of nitrogens with one attached hydrogen (secondary N) is 2. The van der Waals surface area contributed by atoms with Crippen molar-refractivity contribution in [3.8, 4) is 0 Å². The van der Waals surface area contributed by atoms with Gasteiger partial charge in [-0.1, -0.05) is 13.3 Å². The summed E-state index contributed by atoms with van der Waals surface area (Å²) < 4.78 is 0. The van der Waals surface area contributed by atoms with Gasteiger partial charge in [-0.25, -0.2) is 0 Å². The van der Waals surface area contributed by atoms with Crippen molar-refractivity contribution in [2.75, 3.05) is 6.54 Å². The largest absolute Gasteiger partial charge is 0.257 e. The molecule has 10 heavy (non-hydrogen) atoms. The van der Waals surface area contributed by atoms with Crippen LogP contribution in [-0.2, 0) is 0 Å². The van der Waals surface area contributed by atoms with Crippen LogP contribution in [0.1, 0.15) is 40.5 Å². The molecule has 2 nitrogen and oxygen atoms in total. The molecule has 0 spiro atoms. The molecule has 0 aromatic rings. The van der Waals surface area contributed by atoms with Gasteiger partial charge in [-0.05, 0) is 27.2 Å². The van der Waals surface area contributed by atoms with E-state index in [1.165, 1.54) is 12.8 Å². The highest BCUT2D eigenvalue weighted by molar-refractivity contribution is 4.66. The molecule has 0 aliphatic heterocycles. The maximum Gasteiger partial charge on any atom is 0.0239 e. The van der Waals surface area contributed by atoms with Gasteiger partial charge in [0, 0.05) is 12.1 Å². The number of hydrogen-bond acceptors (Lipinski definition) is 2. The summed E-state index contributed by atoms with van der Waals surface area (Å²) in [7, 11) is 0. The van der Waals surface area contributed by atoms with Crippen LogP contribution in [0.25, 0.3) is 0 Å². The molecule has 0 saturated carbocycles. The average molecular weight is 144 g/mol. The van der Waals surface area contributed by atoms with Crippen molar-refractivity contribution in [3.05, 3.63) is 0 Å². The van der Waals surface area contributed by atoms with Gasteiger partial charge in [-0.2, -0.15) is 0 Å². The summed E-state index contributed by atoms with van der Waals surface area (Å²) in [5.74, 6) is 0. The van der Waals surface area contributed by atoms with Crippen LogP contribution in [-0.4, -0.2) is 12.1 Å². The van der Waals surface area contributed by atoms with Gasteiger partial charge in [0.25, 0.3) is 0 Å². The minimum absolute atomic E-state index is 0.188. The van der Waals surface area contributed by atoms with Crippen LogP contribution >= 0.6 is 0 Å². The lowest BCUT2D eigenvalue weighted by molar-refractivity contribution is 0.355. The molecule has 0 amide bonds. The highest BCUT2D eigenvalue weighted by Crippen LogP contribution is 1.95. The molecule has 0 bridgehead atoms. The SMILES string of the molecule is CCCCNNC(C)(C)C. The quantitative estimate of drug-likeness (QED) is 0.463. The molecule has 62 valence electrons. The van der Waals surface area contributed by atoms with Gasteiger partial charge in [-0.15, -0.1) is 0 Å². The van der Waals surface area contributed by atoms with E-state index in [2.05, 4.69) is 38.5 Å². The van der Waals surface area contributed by atoms with Crippen LogP contribution in [0.15, 0.2) is 0 Å². The van der Waals surface area contributed by atoms with Crippen molar-refractivity contribution in [1.29, 1.82) is 0 Å². The first-order chi connectivity index (χ1) is 4.56. The van der Waals surface area contributed by atoms with Gasteiger partial charge in [0.2, 0.25) is 0 Å². The molecule has 0 radical (unpaired) electrons. The molecule has 0 saturated heterocycles. The van der Waals surface area contributed by atoms with E-state index in [1.54, 1.807) is 0 Å². The molecule has 0 rings (SSSR count). The topological polar surface area (TPSA) is 24.1 Å². The van der Waals surface area contributed by atoms with E-state index in [0.29, 0.717) is 0 Å². The predicted molar refractivity (Wildman–Crippen MR) is 45.8 cm³/mol. The minimum Gasteiger partial charge on any atom is -0.257 e. The van der Waals surface area contributed by atoms with Gasteiger partial charge in [-0.3, -0.25) is 10.9 Å². The van der Waals surface area contributed by atoms with Crippen molar-refractivity contribution >= 4 is 0 Å². The van der Waals surface area contributed by atoms with Crippen molar-refractivity contribution < 1.29 is 0 Å². The van der Waals surface area contributed by atoms with Gasteiger partial charge in [0.1, 0.15) is 0 Å². The molecule has 0 aliphatic carbocycles. The van der Waals surface area contributed by atoms with E-state index >= 15 is 0 Å². The number of rotatable bonds is 4. The molecular formula is C8H20N2. The van der Waals surface area contributed by atoms with E-state index < -0.39 is 0 Å². The van der Waals surface area contributed by atoms with Crippen molar-refractivity contribution in [3.63, 3.8) is 0 Å². The second-order valence-corrected chi connectivity index (χ2v) is 3.66. The van der Waals surface area contributed by atoms with Gasteiger partial charge < -0.3 is 0 Å². The zero-order chi connectivity index (χ0) is 8.04. The van der Waals surface area contributed by atoms with Gasteiger partial charge in [0.15, 0.2) is 0 Å². The molecule has 0 fully saturated rings. The molecule has 2 heteroatoms. The summed E-state index contributed by atoms with van der Waals surface area (Å²) in [4.78, 5) is 0. The van der Waals surface area contributed by atoms with Crippen LogP contribution in [0.3, 0.4) is 0 Å². The van der Waals surface area contributed by atoms with Crippen molar-refractivity contribution in [2.24, 2.45) is 0 Å². The predicted octanol–water partition coefficient (Wildman–Crippen LogP) is 1.68. The lowest BCUT2D eigenvalue weighted by atomic mass is 10.1. The lowest BCUT2D eigenvalue weighted by Gasteiger charge is -2.20. The van der Waals surface area contributed by atoms with Crippen LogP contribution < -0.4 is 10.9 Å². The summed E-state index contributed by atoms with van der Waals surface area (Å²) in [6.45, 7) is 9.69. The average Bonchev–Trinajstić information content (AvgIpc) is 1.78. The Hall–Kier alpha value is -0.0800. The van der Waals surface area contributed by atoms with E-state index in [9.17, 15) is 0 Å². The molecule has 0 heterocycles. The fourth-order valence-corrected chi connectivity index (χ4v) is 0.593. The van der Waals surface area contributed by atoms with Crippen molar-refractivity contribution in [2.45, 2.75) is 46.1 Å². The molecule has 2 N–H and O–H groups in total. The monoisotopic (exact) mass is 144 g/mol. The third-order valence-corrected chi connectivity index (χ3v) is 1.12. The summed E-state index contributed by atoms with van der Waals surface area (Å²) >= 11 is 0. The van der Waals surface area contributed by atoms with E-state index in [-0.39, 0.29) is 5.54 Å². The van der Waals surface area contributed by atoms with Crippen molar-refractivity contribution in [1.82, 2.24) is 10.9 Å². The first-order valence-electron chi connectivity index (χ1n) is 4.06. The minimum atomic E-state index is 0.188. The first-order valence-corrected chi connectivity index (χ1v) is 4.06. The maximum absolute atomic E-state index is 3.21. The highest BCUT2D eigenvalue weighted by Gasteiger charge is 2.06. The highest BCUT2D eigenvalue weighted by atomic mass is 15.4. The summed E-state index contributed by atoms with van der Waals surface area (Å²) in [6.07, 6.45) is 2.49. The lowest BCUT2D eigenvalue weighted by Crippen LogP contribution is -2.46. The van der Waals surface area contributed by atoms with E-state index in [0.717, 1.165) is 6.54 Å². The third kappa shape index (κ3) is 7.92. The summed E-state index contributed by atoms with van der Waals surface area (Å²) in [5, 5.41) is 0. The third-order valence-electron chi connectivity index (χ3n) is 1.12. The Kier molecular flexibility index (Phi) is 4.65. The standard InChI is InChI=1S/C8H20N2/c1-5-6-7-9-10-8(2,3)4/h9-10H,5-7H2,1-4H3. The molecule has 0 aromatic carbocycles. The second kappa shape index (κ2) is 4.69. The van der Waals surface area contributed by atoms with Crippen LogP contribution in [0.5, 0.6) is 0 Å². The Morgan fingerprint density at radius 2 is 1.80 bits per heavy atom. The fourth-order valence-electron chi connectivity index (χ4n) is 0.593. The summed E-state index contributed by atoms with van der Waals surface area (Å²) in [6, 6.07) is 0. The molecule has 0 unspecified atom stereocenters. The summed E-state index contributed by atoms with van der Waals surface area (Å²) in [5.41, 5.74) is 6.57. The Morgan fingerprint density at radius 1 is 1.20 bits per heavy atom. The smallest absolute Gasteiger partial charge is 0.0239 e. The number of hydrogen-bond donors (Lipinski definition) is 2. The molecule has 0 aromatic heterocycles. The zero-order valence-electron chi connectivity index (χ0n) is 7.62.